The zero-order valence-electron chi connectivity index (χ0n) is 8.30. The van der Waals surface area contributed by atoms with Gasteiger partial charge in [0.25, 0.3) is 0 Å². The van der Waals surface area contributed by atoms with Crippen LogP contribution in [0, 0.1) is 0 Å². The Labute approximate surface area is 110 Å². The molecule has 0 aliphatic carbocycles. The topological polar surface area (TPSA) is 51.2 Å². The Bertz CT molecular complexity index is 162. The van der Waals surface area contributed by atoms with Gasteiger partial charge in [0.2, 0.25) is 0 Å². The standard InChI is InChI=1S/C6H9BO3.K.H/c1-4(8)7(5(2)9)6(3)10;;/h1-3H3;;/q;+1;-1. The molecule has 3 nitrogen and oxygen atoms in total. The summed E-state index contributed by atoms with van der Waals surface area (Å²) in [5.41, 5.74) is -1.12. The van der Waals surface area contributed by atoms with Crippen LogP contribution in [0.5, 0.6) is 0 Å². The van der Waals surface area contributed by atoms with E-state index >= 15 is 0 Å². The van der Waals surface area contributed by atoms with Gasteiger partial charge in [0.1, 0.15) is 17.0 Å². The predicted molar refractivity (Wildman–Crippen MR) is 38.9 cm³/mol. The van der Waals surface area contributed by atoms with Crippen molar-refractivity contribution in [2.75, 3.05) is 0 Å². The molecule has 0 spiro atoms. The molecule has 5 heteroatoms. The third-order valence-electron chi connectivity index (χ3n) is 1.22. The normalized spacial score (nSPS) is 7.91. The van der Waals surface area contributed by atoms with E-state index in [1.807, 2.05) is 0 Å². The average molecular weight is 180 g/mol. The van der Waals surface area contributed by atoms with E-state index in [1.165, 1.54) is 20.8 Å². The minimum Gasteiger partial charge on any atom is -1.00 e. The van der Waals surface area contributed by atoms with Crippen molar-refractivity contribution in [3.63, 3.8) is 0 Å². The molecule has 0 aliphatic rings. The molecule has 0 saturated carbocycles. The number of carbonyl (C=O) groups is 3. The SMILES string of the molecule is CC(=O)B(C(C)=O)C(C)=O.[H-].[K+]. The summed E-state index contributed by atoms with van der Waals surface area (Å²) in [6, 6.07) is 0. The van der Waals surface area contributed by atoms with Crippen LogP contribution in [0.2, 0.25) is 0 Å². The number of carbonyl (C=O) groups excluding carboxylic acids is 3. The predicted octanol–water partition coefficient (Wildman–Crippen LogP) is -3.02. The second-order valence-electron chi connectivity index (χ2n) is 2.26. The molecule has 0 atom stereocenters. The molecule has 0 aromatic heterocycles. The summed E-state index contributed by atoms with van der Waals surface area (Å²) in [7, 11) is 0. The molecule has 0 unspecified atom stereocenters. The Morgan fingerprint density at radius 1 is 0.909 bits per heavy atom. The van der Waals surface area contributed by atoms with Crippen LogP contribution in [0.15, 0.2) is 0 Å². The molecular weight excluding hydrogens is 170 g/mol. The van der Waals surface area contributed by atoms with Crippen molar-refractivity contribution in [1.82, 2.24) is 0 Å². The Kier molecular flexibility index (Phi) is 8.10. The van der Waals surface area contributed by atoms with Gasteiger partial charge < -0.3 is 15.8 Å². The number of hydrogen-bond donors (Lipinski definition) is 0. The molecular formula is C6H10BKO3. The van der Waals surface area contributed by atoms with Crippen LogP contribution in [0.3, 0.4) is 0 Å². The molecule has 0 aromatic rings. The van der Waals surface area contributed by atoms with Crippen LogP contribution < -0.4 is 51.4 Å². The maximum atomic E-state index is 10.6. The van der Waals surface area contributed by atoms with E-state index in [0.717, 1.165) is 0 Å². The Hall–Kier alpha value is 0.711. The van der Waals surface area contributed by atoms with Gasteiger partial charge in [0, 0.05) is 0 Å². The molecule has 56 valence electrons. The van der Waals surface area contributed by atoms with Crippen LogP contribution in [0.4, 0.5) is 0 Å². The van der Waals surface area contributed by atoms with Crippen LogP contribution in [-0.4, -0.2) is 23.8 Å². The van der Waals surface area contributed by atoms with Gasteiger partial charge in [-0.1, -0.05) is 0 Å². The zero-order chi connectivity index (χ0) is 8.31. The van der Waals surface area contributed by atoms with Gasteiger partial charge in [0.05, 0.1) is 0 Å². The second-order valence-corrected chi connectivity index (χ2v) is 2.26. The summed E-state index contributed by atoms with van der Waals surface area (Å²) in [4.78, 5) is 31.8. The molecule has 0 bridgehead atoms. The van der Waals surface area contributed by atoms with Crippen molar-refractivity contribution < 1.29 is 67.2 Å². The van der Waals surface area contributed by atoms with Gasteiger partial charge in [0.15, 0.2) is 0 Å². The van der Waals surface area contributed by atoms with E-state index < -0.39 is 6.71 Å². The third-order valence-corrected chi connectivity index (χ3v) is 1.22. The fourth-order valence-electron chi connectivity index (χ4n) is 0.859. The van der Waals surface area contributed by atoms with E-state index in [1.54, 1.807) is 0 Å². The molecule has 0 fully saturated rings. The van der Waals surface area contributed by atoms with E-state index in [9.17, 15) is 14.4 Å². The minimum absolute atomic E-state index is 0. The van der Waals surface area contributed by atoms with Gasteiger partial charge in [-0.25, -0.2) is 0 Å². The largest absolute Gasteiger partial charge is 1.00 e. The average Bonchev–Trinajstić information content (AvgIpc) is 1.59. The maximum absolute atomic E-state index is 10.6. The quantitative estimate of drug-likeness (QED) is 0.434. The Morgan fingerprint density at radius 3 is 1.09 bits per heavy atom. The first-order chi connectivity index (χ1) is 4.46. The summed E-state index contributed by atoms with van der Waals surface area (Å²) >= 11 is 0. The van der Waals surface area contributed by atoms with Gasteiger partial charge in [-0.2, -0.15) is 0 Å². The van der Waals surface area contributed by atoms with E-state index in [-0.39, 0.29) is 69.9 Å². The monoisotopic (exact) mass is 180 g/mol. The molecule has 0 N–H and O–H groups in total. The van der Waals surface area contributed by atoms with Gasteiger partial charge >= 0.3 is 58.1 Å². The first-order valence-electron chi connectivity index (χ1n) is 2.98. The minimum atomic E-state index is -1.03. The first-order valence-corrected chi connectivity index (χ1v) is 2.98. The van der Waals surface area contributed by atoms with Gasteiger partial charge in [-0.05, 0) is 20.8 Å². The second kappa shape index (κ2) is 6.25. The summed E-state index contributed by atoms with van der Waals surface area (Å²) in [5, 5.41) is 0. The van der Waals surface area contributed by atoms with Crippen LogP contribution >= 0.6 is 0 Å². The van der Waals surface area contributed by atoms with E-state index in [2.05, 4.69) is 0 Å². The fraction of sp³-hybridized carbons (Fsp3) is 0.500. The molecule has 0 rings (SSSR count). The summed E-state index contributed by atoms with van der Waals surface area (Å²) in [6.45, 7) is 2.70. The van der Waals surface area contributed by atoms with E-state index in [0.29, 0.717) is 0 Å². The van der Waals surface area contributed by atoms with Crippen molar-refractivity contribution in [3.05, 3.63) is 0 Å². The smallest absolute Gasteiger partial charge is 1.00 e. The molecule has 11 heavy (non-hydrogen) atoms. The fourth-order valence-corrected chi connectivity index (χ4v) is 0.859. The Balaban J connectivity index is -0.000000405. The molecule has 0 radical (unpaired) electrons. The third kappa shape index (κ3) is 5.03. The van der Waals surface area contributed by atoms with Crippen LogP contribution in [0.1, 0.15) is 22.2 Å². The van der Waals surface area contributed by atoms with Crippen LogP contribution in [0.25, 0.3) is 0 Å². The molecule has 0 amide bonds. The van der Waals surface area contributed by atoms with Crippen molar-refractivity contribution in [2.45, 2.75) is 20.8 Å². The zero-order valence-corrected chi connectivity index (χ0v) is 10.4. The number of rotatable bonds is 3. The van der Waals surface area contributed by atoms with Crippen molar-refractivity contribution >= 4 is 23.8 Å². The number of hydrogen-bond acceptors (Lipinski definition) is 3. The molecule has 0 aromatic carbocycles. The summed E-state index contributed by atoms with van der Waals surface area (Å²) in [6.07, 6.45) is 0. The Morgan fingerprint density at radius 2 is 1.09 bits per heavy atom. The summed E-state index contributed by atoms with van der Waals surface area (Å²) < 4.78 is 0. The summed E-state index contributed by atoms with van der Waals surface area (Å²) in [5.74, 6) is 0. The van der Waals surface area contributed by atoms with Crippen molar-refractivity contribution in [1.29, 1.82) is 0 Å². The first kappa shape index (κ1) is 14.2. The van der Waals surface area contributed by atoms with Crippen LogP contribution in [-0.2, 0) is 14.4 Å². The van der Waals surface area contributed by atoms with Gasteiger partial charge in [-0.15, -0.1) is 0 Å². The maximum Gasteiger partial charge on any atom is 1.00 e. The van der Waals surface area contributed by atoms with Crippen molar-refractivity contribution in [2.24, 2.45) is 0 Å². The van der Waals surface area contributed by atoms with Gasteiger partial charge in [-0.3, -0.25) is 0 Å². The molecule has 0 heterocycles. The van der Waals surface area contributed by atoms with E-state index in [4.69, 9.17) is 0 Å². The van der Waals surface area contributed by atoms with Crippen molar-refractivity contribution in [3.8, 4) is 0 Å². The molecule has 0 aliphatic heterocycles. The molecule has 0 saturated heterocycles.